The van der Waals surface area contributed by atoms with Crippen LogP contribution >= 0.6 is 0 Å². The Balaban J connectivity index is 2.12. The second kappa shape index (κ2) is 6.73. The number of hydrogen-bond donors (Lipinski definition) is 1. The Labute approximate surface area is 126 Å². The minimum absolute atomic E-state index is 0.0212. The maximum atomic E-state index is 12.6. The van der Waals surface area contributed by atoms with Gasteiger partial charge in [-0.15, -0.1) is 0 Å². The molecule has 1 aromatic heterocycles. The maximum Gasteiger partial charge on any atom is 0.255 e. The quantitative estimate of drug-likeness (QED) is 0.804. The van der Waals surface area contributed by atoms with E-state index in [0.29, 0.717) is 16.5 Å². The van der Waals surface area contributed by atoms with E-state index in [9.17, 15) is 4.79 Å². The summed E-state index contributed by atoms with van der Waals surface area (Å²) in [5.74, 6) is 5.38. The number of rotatable bonds is 1. The predicted octanol–water partition coefficient (Wildman–Crippen LogP) is 2.08. The predicted molar refractivity (Wildman–Crippen MR) is 81.7 cm³/mol. The summed E-state index contributed by atoms with van der Waals surface area (Å²) in [5.41, 5.74) is 1.53. The van der Waals surface area contributed by atoms with Crippen LogP contribution in [-0.2, 0) is 0 Å². The van der Waals surface area contributed by atoms with Crippen LogP contribution in [0.25, 0.3) is 0 Å². The molecule has 2 heterocycles. The maximum absolute atomic E-state index is 12.6. The average molecular weight is 286 g/mol. The van der Waals surface area contributed by atoms with Gasteiger partial charge in [0.15, 0.2) is 0 Å². The highest BCUT2D eigenvalue weighted by Gasteiger charge is 2.26. The molecule has 0 atom stereocenters. The molecular weight excluding hydrogens is 264 g/mol. The standard InChI is InChI=1S/C17H22N2O2/c1-17(2)6-4-8-19(9-7-17)16(21)15-11-14(5-3-10-20)12-18-13-15/h11-13,20H,4,6-10H2,1-2H3. The highest BCUT2D eigenvalue weighted by molar-refractivity contribution is 5.94. The molecule has 1 amide bonds. The van der Waals surface area contributed by atoms with E-state index in [4.69, 9.17) is 5.11 Å². The van der Waals surface area contributed by atoms with E-state index >= 15 is 0 Å². The van der Waals surface area contributed by atoms with Gasteiger partial charge in [0, 0.05) is 31.0 Å². The number of aliphatic hydroxyl groups excluding tert-OH is 1. The molecule has 1 aromatic rings. The zero-order valence-corrected chi connectivity index (χ0v) is 12.7. The third-order valence-corrected chi connectivity index (χ3v) is 3.92. The van der Waals surface area contributed by atoms with E-state index < -0.39 is 0 Å². The second-order valence-corrected chi connectivity index (χ2v) is 6.23. The number of carbonyl (C=O) groups is 1. The topological polar surface area (TPSA) is 53.4 Å². The molecule has 0 saturated carbocycles. The molecule has 1 saturated heterocycles. The Hall–Kier alpha value is -1.86. The lowest BCUT2D eigenvalue weighted by Crippen LogP contribution is -2.32. The lowest BCUT2D eigenvalue weighted by Gasteiger charge is -2.23. The van der Waals surface area contributed by atoms with Crippen LogP contribution in [0.3, 0.4) is 0 Å². The molecule has 4 heteroatoms. The number of nitrogens with zero attached hydrogens (tertiary/aromatic N) is 2. The van der Waals surface area contributed by atoms with E-state index in [0.717, 1.165) is 32.4 Å². The van der Waals surface area contributed by atoms with Gasteiger partial charge in [-0.25, -0.2) is 0 Å². The van der Waals surface area contributed by atoms with Crippen LogP contribution in [0.2, 0.25) is 0 Å². The first-order valence-corrected chi connectivity index (χ1v) is 7.36. The van der Waals surface area contributed by atoms with Gasteiger partial charge in [-0.1, -0.05) is 25.7 Å². The summed E-state index contributed by atoms with van der Waals surface area (Å²) < 4.78 is 0. The number of pyridine rings is 1. The summed E-state index contributed by atoms with van der Waals surface area (Å²) >= 11 is 0. The summed E-state index contributed by atoms with van der Waals surface area (Å²) in [6.45, 7) is 5.91. The lowest BCUT2D eigenvalue weighted by atomic mass is 9.85. The highest BCUT2D eigenvalue weighted by Crippen LogP contribution is 2.30. The summed E-state index contributed by atoms with van der Waals surface area (Å²) in [5, 5.41) is 8.72. The molecule has 4 nitrogen and oxygen atoms in total. The fraction of sp³-hybridized carbons (Fsp3) is 0.529. The first-order valence-electron chi connectivity index (χ1n) is 7.36. The molecule has 0 aromatic carbocycles. The van der Waals surface area contributed by atoms with Crippen LogP contribution in [0.15, 0.2) is 18.5 Å². The Kier molecular flexibility index (Phi) is 4.98. The van der Waals surface area contributed by atoms with Crippen molar-refractivity contribution in [3.05, 3.63) is 29.6 Å². The zero-order chi connectivity index (χ0) is 15.3. The summed E-state index contributed by atoms with van der Waals surface area (Å²) in [6, 6.07) is 1.74. The molecule has 21 heavy (non-hydrogen) atoms. The van der Waals surface area contributed by atoms with Crippen LogP contribution in [0.5, 0.6) is 0 Å². The molecule has 1 fully saturated rings. The third-order valence-electron chi connectivity index (χ3n) is 3.92. The summed E-state index contributed by atoms with van der Waals surface area (Å²) in [7, 11) is 0. The summed E-state index contributed by atoms with van der Waals surface area (Å²) in [6.07, 6.45) is 6.40. The molecule has 2 rings (SSSR count). The van der Waals surface area contributed by atoms with E-state index in [1.54, 1.807) is 18.5 Å². The molecule has 1 N–H and O–H groups in total. The van der Waals surface area contributed by atoms with Gasteiger partial charge in [-0.2, -0.15) is 0 Å². The van der Waals surface area contributed by atoms with E-state index in [2.05, 4.69) is 30.7 Å². The van der Waals surface area contributed by atoms with Gasteiger partial charge in [0.2, 0.25) is 0 Å². The third kappa shape index (κ3) is 4.30. The van der Waals surface area contributed by atoms with Crippen molar-refractivity contribution >= 4 is 5.91 Å². The van der Waals surface area contributed by atoms with E-state index in [-0.39, 0.29) is 12.5 Å². The van der Waals surface area contributed by atoms with Crippen molar-refractivity contribution < 1.29 is 9.90 Å². The van der Waals surface area contributed by atoms with E-state index in [1.165, 1.54) is 0 Å². The molecule has 1 aliphatic heterocycles. The molecule has 112 valence electrons. The number of amides is 1. The SMILES string of the molecule is CC1(C)CCCN(C(=O)c2cncc(C#CCO)c2)CC1. The smallest absolute Gasteiger partial charge is 0.255 e. The van der Waals surface area contributed by atoms with E-state index in [1.807, 2.05) is 4.90 Å². The van der Waals surface area contributed by atoms with Crippen LogP contribution in [0.4, 0.5) is 0 Å². The number of aliphatic hydroxyl groups is 1. The minimum Gasteiger partial charge on any atom is -0.384 e. The number of likely N-dealkylation sites (tertiary alicyclic amines) is 1. The second-order valence-electron chi connectivity index (χ2n) is 6.23. The van der Waals surface area contributed by atoms with Gasteiger partial charge in [-0.3, -0.25) is 9.78 Å². The molecular formula is C17H22N2O2. The Bertz CT molecular complexity index is 570. The van der Waals surface area contributed by atoms with Crippen molar-refractivity contribution in [1.82, 2.24) is 9.88 Å². The Morgan fingerprint density at radius 3 is 2.95 bits per heavy atom. The van der Waals surface area contributed by atoms with Crippen molar-refractivity contribution in [3.63, 3.8) is 0 Å². The summed E-state index contributed by atoms with van der Waals surface area (Å²) in [4.78, 5) is 18.6. The molecule has 0 radical (unpaired) electrons. The fourth-order valence-corrected chi connectivity index (χ4v) is 2.58. The number of aromatic nitrogens is 1. The van der Waals surface area contributed by atoms with Crippen molar-refractivity contribution in [2.45, 2.75) is 33.1 Å². The van der Waals surface area contributed by atoms with Crippen molar-refractivity contribution in [1.29, 1.82) is 0 Å². The number of hydrogen-bond acceptors (Lipinski definition) is 3. The monoisotopic (exact) mass is 286 g/mol. The Morgan fingerprint density at radius 1 is 1.38 bits per heavy atom. The van der Waals surface area contributed by atoms with Gasteiger partial charge in [0.25, 0.3) is 5.91 Å². The lowest BCUT2D eigenvalue weighted by molar-refractivity contribution is 0.0757. The Morgan fingerprint density at radius 2 is 2.19 bits per heavy atom. The van der Waals surface area contributed by atoms with Crippen LogP contribution in [0, 0.1) is 17.3 Å². The minimum atomic E-state index is -0.195. The van der Waals surface area contributed by atoms with Crippen molar-refractivity contribution in [3.8, 4) is 11.8 Å². The molecule has 0 spiro atoms. The largest absolute Gasteiger partial charge is 0.384 e. The average Bonchev–Trinajstić information content (AvgIpc) is 2.65. The highest BCUT2D eigenvalue weighted by atomic mass is 16.2. The van der Waals surface area contributed by atoms with Crippen molar-refractivity contribution in [2.75, 3.05) is 19.7 Å². The fourth-order valence-electron chi connectivity index (χ4n) is 2.58. The molecule has 1 aliphatic rings. The van der Waals surface area contributed by atoms with Crippen molar-refractivity contribution in [2.24, 2.45) is 5.41 Å². The molecule has 0 unspecified atom stereocenters. The number of carbonyl (C=O) groups excluding carboxylic acids is 1. The van der Waals surface area contributed by atoms with Gasteiger partial charge in [0.1, 0.15) is 6.61 Å². The van der Waals surface area contributed by atoms with Crippen LogP contribution in [-0.4, -0.2) is 40.6 Å². The van der Waals surface area contributed by atoms with Gasteiger partial charge >= 0.3 is 0 Å². The normalized spacial score (nSPS) is 17.6. The zero-order valence-electron chi connectivity index (χ0n) is 12.7. The molecule has 0 aliphatic carbocycles. The first kappa shape index (κ1) is 15.5. The van der Waals surface area contributed by atoms with Gasteiger partial charge in [0.05, 0.1) is 5.56 Å². The van der Waals surface area contributed by atoms with Crippen LogP contribution < -0.4 is 0 Å². The van der Waals surface area contributed by atoms with Gasteiger partial charge < -0.3 is 10.0 Å². The van der Waals surface area contributed by atoms with Crippen LogP contribution in [0.1, 0.15) is 49.0 Å². The van der Waals surface area contributed by atoms with Gasteiger partial charge in [-0.05, 0) is 30.7 Å². The first-order chi connectivity index (χ1) is 10.0. The molecule has 0 bridgehead atoms.